The van der Waals surface area contributed by atoms with Crippen LogP contribution in [0.3, 0.4) is 0 Å². The first kappa shape index (κ1) is 30.8. The molecule has 4 heterocycles. The highest BCUT2D eigenvalue weighted by Gasteiger charge is 2.33. The summed E-state index contributed by atoms with van der Waals surface area (Å²) in [5.41, 5.74) is 4.56. The Morgan fingerprint density at radius 1 is 1.13 bits per heavy atom. The average molecular weight is 610 g/mol. The summed E-state index contributed by atoms with van der Waals surface area (Å²) in [6.45, 7) is 15.2. The van der Waals surface area contributed by atoms with Gasteiger partial charge in [0.2, 0.25) is 5.91 Å². The molecule has 0 N–H and O–H groups in total. The van der Waals surface area contributed by atoms with E-state index < -0.39 is 0 Å². The molecular formula is C35H43N7O3. The van der Waals surface area contributed by atoms with Crippen LogP contribution in [0.1, 0.15) is 36.6 Å². The van der Waals surface area contributed by atoms with E-state index in [9.17, 15) is 10.1 Å². The standard InChI is InChI=1S/C35H43N7O3/c1-4-32(43)42-18-17-41(23-28(42)12-14-36)34-29-13-16-40(31-11-6-10-27-9-5-8-25(2)33(27)31)24-30(29)37-35(38-34)45-20-7-15-39-19-21-44-26(3)22-39/h4-6,8-11,26,28H,1,7,12-13,15-24H2,2-3H3/t26-,28-/m0/s1. The van der Waals surface area contributed by atoms with Crippen molar-refractivity contribution in [3.05, 3.63) is 65.9 Å². The second-order valence-electron chi connectivity index (χ2n) is 12.3. The van der Waals surface area contributed by atoms with Gasteiger partial charge in [-0.1, -0.05) is 36.9 Å². The third-order valence-electron chi connectivity index (χ3n) is 9.20. The minimum atomic E-state index is -0.237. The smallest absolute Gasteiger partial charge is 0.318 e. The summed E-state index contributed by atoms with van der Waals surface area (Å²) in [6.07, 6.45) is 3.50. The maximum Gasteiger partial charge on any atom is 0.318 e. The van der Waals surface area contributed by atoms with Crippen LogP contribution in [0.15, 0.2) is 49.1 Å². The van der Waals surface area contributed by atoms with Gasteiger partial charge in [-0.05, 0) is 49.8 Å². The van der Waals surface area contributed by atoms with Gasteiger partial charge in [-0.3, -0.25) is 9.69 Å². The third-order valence-corrected chi connectivity index (χ3v) is 9.20. The molecule has 0 bridgehead atoms. The molecule has 1 amide bonds. The number of fused-ring (bicyclic) bond motifs is 2. The minimum absolute atomic E-state index is 0.140. The van der Waals surface area contributed by atoms with E-state index in [1.54, 1.807) is 4.90 Å². The summed E-state index contributed by atoms with van der Waals surface area (Å²) < 4.78 is 11.9. The molecule has 45 heavy (non-hydrogen) atoms. The van der Waals surface area contributed by atoms with Gasteiger partial charge < -0.3 is 24.2 Å². The lowest BCUT2D eigenvalue weighted by Gasteiger charge is -2.42. The summed E-state index contributed by atoms with van der Waals surface area (Å²) >= 11 is 0. The molecule has 2 atom stereocenters. The van der Waals surface area contributed by atoms with Gasteiger partial charge in [0.1, 0.15) is 5.82 Å². The number of carbonyl (C=O) groups is 1. The van der Waals surface area contributed by atoms with Gasteiger partial charge in [-0.25, -0.2) is 0 Å². The first-order valence-corrected chi connectivity index (χ1v) is 16.1. The predicted molar refractivity (Wildman–Crippen MR) is 176 cm³/mol. The molecule has 2 saturated heterocycles. The van der Waals surface area contributed by atoms with Crippen molar-refractivity contribution in [3.63, 3.8) is 0 Å². The maximum atomic E-state index is 12.6. The molecule has 1 aromatic heterocycles. The number of piperazine rings is 1. The number of aromatic nitrogens is 2. The number of rotatable bonds is 9. The first-order chi connectivity index (χ1) is 21.9. The summed E-state index contributed by atoms with van der Waals surface area (Å²) in [4.78, 5) is 31.4. The van der Waals surface area contributed by atoms with Gasteiger partial charge in [0, 0.05) is 62.5 Å². The fraction of sp³-hybridized carbons (Fsp3) is 0.486. The maximum absolute atomic E-state index is 12.6. The normalized spacial score (nSPS) is 20.5. The van der Waals surface area contributed by atoms with Crippen molar-refractivity contribution in [2.45, 2.75) is 51.8 Å². The first-order valence-electron chi connectivity index (χ1n) is 16.1. The monoisotopic (exact) mass is 609 g/mol. The van der Waals surface area contributed by atoms with Crippen LogP contribution in [0.25, 0.3) is 10.8 Å². The van der Waals surface area contributed by atoms with Crippen LogP contribution in [-0.4, -0.2) is 96.8 Å². The van der Waals surface area contributed by atoms with Gasteiger partial charge in [0.05, 0.1) is 50.1 Å². The Balaban J connectivity index is 1.27. The van der Waals surface area contributed by atoms with E-state index in [1.807, 2.05) is 0 Å². The third kappa shape index (κ3) is 6.75. The van der Waals surface area contributed by atoms with Gasteiger partial charge in [0.25, 0.3) is 0 Å². The quantitative estimate of drug-likeness (QED) is 0.262. The van der Waals surface area contributed by atoms with Crippen molar-refractivity contribution in [2.24, 2.45) is 0 Å². The molecule has 0 unspecified atom stereocenters. The average Bonchev–Trinajstić information content (AvgIpc) is 3.06. The van der Waals surface area contributed by atoms with Crippen LogP contribution >= 0.6 is 0 Å². The summed E-state index contributed by atoms with van der Waals surface area (Å²) in [5.74, 6) is 0.721. The molecule has 236 valence electrons. The number of anilines is 2. The molecule has 2 aromatic carbocycles. The largest absolute Gasteiger partial charge is 0.463 e. The van der Waals surface area contributed by atoms with Crippen molar-refractivity contribution in [3.8, 4) is 12.1 Å². The lowest BCUT2D eigenvalue weighted by Crippen LogP contribution is -2.55. The lowest BCUT2D eigenvalue weighted by molar-refractivity contribution is -0.128. The van der Waals surface area contributed by atoms with E-state index in [4.69, 9.17) is 19.4 Å². The Kier molecular flexibility index (Phi) is 9.47. The summed E-state index contributed by atoms with van der Waals surface area (Å²) in [7, 11) is 0. The van der Waals surface area contributed by atoms with E-state index in [0.717, 1.165) is 62.7 Å². The fourth-order valence-electron chi connectivity index (χ4n) is 6.97. The van der Waals surface area contributed by atoms with Crippen LogP contribution in [0.4, 0.5) is 11.5 Å². The number of amides is 1. The Hall–Kier alpha value is -4.20. The van der Waals surface area contributed by atoms with Gasteiger partial charge in [-0.2, -0.15) is 15.2 Å². The van der Waals surface area contributed by atoms with Crippen LogP contribution in [0, 0.1) is 18.3 Å². The van der Waals surface area contributed by atoms with Crippen LogP contribution < -0.4 is 14.5 Å². The van der Waals surface area contributed by atoms with Crippen molar-refractivity contribution < 1.29 is 14.3 Å². The number of ether oxygens (including phenoxy) is 2. The predicted octanol–water partition coefficient (Wildman–Crippen LogP) is 4.11. The zero-order valence-electron chi connectivity index (χ0n) is 26.5. The molecule has 3 aliphatic rings. The van der Waals surface area contributed by atoms with Crippen molar-refractivity contribution in [1.82, 2.24) is 19.8 Å². The van der Waals surface area contributed by atoms with E-state index in [2.05, 4.69) is 77.6 Å². The molecule has 2 fully saturated rings. The zero-order valence-corrected chi connectivity index (χ0v) is 26.5. The van der Waals surface area contributed by atoms with Crippen LogP contribution in [0.5, 0.6) is 6.01 Å². The summed E-state index contributed by atoms with van der Waals surface area (Å²) in [6, 6.07) is 15.4. The number of nitrogens with zero attached hydrogens (tertiary/aromatic N) is 7. The molecule has 0 radical (unpaired) electrons. The SMILES string of the molecule is C=CC(=O)N1CCN(c2nc(OCCCN3CCO[C@@H](C)C3)nc3c2CCN(c2cccc4cccc(C)c24)C3)C[C@@H]1CC#N. The number of aryl methyl sites for hydroxylation is 1. The van der Waals surface area contributed by atoms with Gasteiger partial charge >= 0.3 is 6.01 Å². The lowest BCUT2D eigenvalue weighted by atomic mass is 9.99. The molecule has 3 aromatic rings. The molecule has 0 spiro atoms. The number of benzene rings is 2. The Morgan fingerprint density at radius 3 is 2.78 bits per heavy atom. The molecule has 10 nitrogen and oxygen atoms in total. The van der Waals surface area contributed by atoms with E-state index >= 15 is 0 Å². The molecular weight excluding hydrogens is 566 g/mol. The molecule has 0 aliphatic carbocycles. The summed E-state index contributed by atoms with van der Waals surface area (Å²) in [5, 5.41) is 12.1. The van der Waals surface area contributed by atoms with Crippen LogP contribution in [0.2, 0.25) is 0 Å². The number of nitriles is 1. The molecule has 0 saturated carbocycles. The number of hydrogen-bond donors (Lipinski definition) is 0. The second kappa shape index (κ2) is 13.8. The molecule has 10 heteroatoms. The fourth-order valence-corrected chi connectivity index (χ4v) is 6.97. The van der Waals surface area contributed by atoms with Gasteiger partial charge in [-0.15, -0.1) is 0 Å². The van der Waals surface area contributed by atoms with Crippen LogP contribution in [-0.2, 0) is 22.5 Å². The van der Waals surface area contributed by atoms with Gasteiger partial charge in [0.15, 0.2) is 0 Å². The number of morpholine rings is 1. The number of carbonyl (C=O) groups excluding carboxylic acids is 1. The Morgan fingerprint density at radius 2 is 1.98 bits per heavy atom. The Bertz CT molecular complexity index is 1580. The van der Waals surface area contributed by atoms with Crippen molar-refractivity contribution in [2.75, 3.05) is 68.8 Å². The van der Waals surface area contributed by atoms with E-state index in [0.29, 0.717) is 38.8 Å². The van der Waals surface area contributed by atoms with E-state index in [-0.39, 0.29) is 24.5 Å². The minimum Gasteiger partial charge on any atom is -0.463 e. The van der Waals surface area contributed by atoms with Crippen molar-refractivity contribution >= 4 is 28.2 Å². The second-order valence-corrected chi connectivity index (χ2v) is 12.3. The highest BCUT2D eigenvalue weighted by Crippen LogP contribution is 2.36. The van der Waals surface area contributed by atoms with E-state index in [1.165, 1.54) is 28.1 Å². The molecule has 6 rings (SSSR count). The topological polar surface area (TPSA) is 98.1 Å². The highest BCUT2D eigenvalue weighted by molar-refractivity contribution is 5.97. The van der Waals surface area contributed by atoms with Crippen molar-refractivity contribution in [1.29, 1.82) is 5.26 Å². The Labute approximate surface area is 265 Å². The highest BCUT2D eigenvalue weighted by atomic mass is 16.5. The number of hydrogen-bond acceptors (Lipinski definition) is 9. The molecule has 3 aliphatic heterocycles. The zero-order chi connectivity index (χ0) is 31.3.